The third-order valence-electron chi connectivity index (χ3n) is 6.04. The quantitative estimate of drug-likeness (QED) is 0.515. The molecule has 1 aliphatic heterocycles. The third kappa shape index (κ3) is 5.14. The molecule has 0 N–H and O–H groups in total. The van der Waals surface area contributed by atoms with Gasteiger partial charge in [0.2, 0.25) is 0 Å². The summed E-state index contributed by atoms with van der Waals surface area (Å²) in [6.45, 7) is 6.95. The van der Waals surface area contributed by atoms with Crippen molar-refractivity contribution in [2.45, 2.75) is 19.9 Å². The molecular formula is C27H29ClN2O2. The van der Waals surface area contributed by atoms with Crippen molar-refractivity contribution in [2.75, 3.05) is 32.8 Å². The second-order valence-electron chi connectivity index (χ2n) is 8.30. The van der Waals surface area contributed by atoms with Crippen molar-refractivity contribution in [1.82, 2.24) is 9.80 Å². The zero-order valence-electron chi connectivity index (χ0n) is 18.6. The number of carbonyl (C=O) groups excluding carboxylic acids is 1. The van der Waals surface area contributed by atoms with Gasteiger partial charge in [0.1, 0.15) is 5.75 Å². The number of nitrogens with zero attached hydrogens (tertiary/aromatic N) is 2. The van der Waals surface area contributed by atoms with Crippen LogP contribution in [0.2, 0.25) is 5.02 Å². The molecule has 0 aliphatic carbocycles. The van der Waals surface area contributed by atoms with Crippen LogP contribution in [0.3, 0.4) is 0 Å². The van der Waals surface area contributed by atoms with Gasteiger partial charge in [0.05, 0.1) is 6.04 Å². The van der Waals surface area contributed by atoms with E-state index in [0.29, 0.717) is 18.8 Å². The first-order valence-corrected chi connectivity index (χ1v) is 11.4. The summed E-state index contributed by atoms with van der Waals surface area (Å²) in [4.78, 5) is 17.1. The molecule has 1 amide bonds. The van der Waals surface area contributed by atoms with Crippen LogP contribution in [0.1, 0.15) is 28.3 Å². The normalized spacial score (nSPS) is 14.6. The largest absolute Gasteiger partial charge is 0.484 e. The van der Waals surface area contributed by atoms with Gasteiger partial charge in [-0.25, -0.2) is 0 Å². The van der Waals surface area contributed by atoms with Crippen LogP contribution in [0.4, 0.5) is 0 Å². The highest BCUT2D eigenvalue weighted by Crippen LogP contribution is 2.29. The Morgan fingerprint density at radius 1 is 0.875 bits per heavy atom. The molecule has 1 fully saturated rings. The second-order valence-corrected chi connectivity index (χ2v) is 8.68. The van der Waals surface area contributed by atoms with Crippen molar-refractivity contribution in [1.29, 1.82) is 0 Å². The van der Waals surface area contributed by atoms with Gasteiger partial charge < -0.3 is 9.64 Å². The molecule has 32 heavy (non-hydrogen) atoms. The van der Waals surface area contributed by atoms with E-state index in [1.807, 2.05) is 43.0 Å². The first-order valence-electron chi connectivity index (χ1n) is 11.0. The lowest BCUT2D eigenvalue weighted by Gasteiger charge is -2.39. The van der Waals surface area contributed by atoms with Crippen LogP contribution in [0.25, 0.3) is 0 Å². The predicted octanol–water partition coefficient (Wildman–Crippen LogP) is 5.27. The molecule has 4 nitrogen and oxygen atoms in total. The van der Waals surface area contributed by atoms with Gasteiger partial charge in [0.25, 0.3) is 5.91 Å². The van der Waals surface area contributed by atoms with Crippen molar-refractivity contribution in [3.63, 3.8) is 0 Å². The second kappa shape index (κ2) is 10.2. The van der Waals surface area contributed by atoms with Gasteiger partial charge in [-0.2, -0.15) is 0 Å². The van der Waals surface area contributed by atoms with Gasteiger partial charge in [-0.05, 0) is 48.2 Å². The SMILES string of the molecule is Cc1cc(OCC(=O)N2CCN(C(c3ccccc3)c3ccccc3)CC2)cc(C)c1Cl. The van der Waals surface area contributed by atoms with Crippen molar-refractivity contribution < 1.29 is 9.53 Å². The lowest BCUT2D eigenvalue weighted by atomic mass is 9.96. The van der Waals surface area contributed by atoms with Crippen molar-refractivity contribution >= 4 is 17.5 Å². The maximum Gasteiger partial charge on any atom is 0.260 e. The Morgan fingerprint density at radius 2 is 1.38 bits per heavy atom. The summed E-state index contributed by atoms with van der Waals surface area (Å²) >= 11 is 6.23. The van der Waals surface area contributed by atoms with Crippen LogP contribution >= 0.6 is 11.6 Å². The standard InChI is InChI=1S/C27H29ClN2O2/c1-20-17-24(18-21(2)26(20)28)32-19-25(31)29-13-15-30(16-14-29)27(22-9-5-3-6-10-22)23-11-7-4-8-12-23/h3-12,17-18,27H,13-16,19H2,1-2H3. The van der Waals surface area contributed by atoms with E-state index in [-0.39, 0.29) is 18.6 Å². The number of hydrogen-bond acceptors (Lipinski definition) is 3. The summed E-state index contributed by atoms with van der Waals surface area (Å²) in [5.74, 6) is 0.704. The van der Waals surface area contributed by atoms with Crippen molar-refractivity contribution in [2.24, 2.45) is 0 Å². The minimum absolute atomic E-state index is 0.0193. The molecule has 3 aromatic rings. The number of piperazine rings is 1. The number of hydrogen-bond donors (Lipinski definition) is 0. The van der Waals surface area contributed by atoms with E-state index in [1.165, 1.54) is 11.1 Å². The van der Waals surface area contributed by atoms with E-state index in [4.69, 9.17) is 16.3 Å². The van der Waals surface area contributed by atoms with Gasteiger partial charge in [-0.15, -0.1) is 0 Å². The number of carbonyl (C=O) groups is 1. The minimum atomic E-state index is 0.0193. The summed E-state index contributed by atoms with van der Waals surface area (Å²) in [6.07, 6.45) is 0. The molecule has 1 heterocycles. The molecule has 0 atom stereocenters. The molecule has 0 unspecified atom stereocenters. The van der Waals surface area contributed by atoms with Gasteiger partial charge in [0, 0.05) is 31.2 Å². The number of ether oxygens (including phenoxy) is 1. The van der Waals surface area contributed by atoms with Crippen LogP contribution in [0.15, 0.2) is 72.8 Å². The molecule has 0 radical (unpaired) electrons. The molecular weight excluding hydrogens is 420 g/mol. The summed E-state index contributed by atoms with van der Waals surface area (Å²) in [5, 5.41) is 0.742. The van der Waals surface area contributed by atoms with Crippen LogP contribution in [0, 0.1) is 13.8 Å². The van der Waals surface area contributed by atoms with Gasteiger partial charge in [-0.3, -0.25) is 9.69 Å². The molecule has 0 saturated carbocycles. The highest BCUT2D eigenvalue weighted by Gasteiger charge is 2.28. The summed E-state index contributed by atoms with van der Waals surface area (Å²) in [7, 11) is 0. The Labute approximate surface area is 195 Å². The summed E-state index contributed by atoms with van der Waals surface area (Å²) < 4.78 is 5.79. The van der Waals surface area contributed by atoms with Crippen molar-refractivity contribution in [3.05, 3.63) is 100 Å². The van der Waals surface area contributed by atoms with Gasteiger partial charge in [0.15, 0.2) is 6.61 Å². The molecule has 3 aromatic carbocycles. The number of benzene rings is 3. The molecule has 5 heteroatoms. The van der Waals surface area contributed by atoms with Gasteiger partial charge in [-0.1, -0.05) is 72.3 Å². The molecule has 0 spiro atoms. The lowest BCUT2D eigenvalue weighted by molar-refractivity contribution is -0.135. The predicted molar refractivity (Wildman–Crippen MR) is 129 cm³/mol. The topological polar surface area (TPSA) is 32.8 Å². The molecule has 166 valence electrons. The Hall–Kier alpha value is -2.82. The fraction of sp³-hybridized carbons (Fsp3) is 0.296. The summed E-state index contributed by atoms with van der Waals surface area (Å²) in [6, 6.07) is 25.1. The van der Waals surface area contributed by atoms with Gasteiger partial charge >= 0.3 is 0 Å². The lowest BCUT2D eigenvalue weighted by Crippen LogP contribution is -2.51. The molecule has 0 bridgehead atoms. The first kappa shape index (κ1) is 22.4. The van der Waals surface area contributed by atoms with E-state index in [9.17, 15) is 4.79 Å². The Kier molecular flexibility index (Phi) is 7.13. The Morgan fingerprint density at radius 3 is 1.88 bits per heavy atom. The first-order chi connectivity index (χ1) is 15.5. The minimum Gasteiger partial charge on any atom is -0.484 e. The number of halogens is 1. The maximum absolute atomic E-state index is 12.8. The monoisotopic (exact) mass is 448 g/mol. The molecule has 1 aliphatic rings. The fourth-order valence-corrected chi connectivity index (χ4v) is 4.45. The zero-order chi connectivity index (χ0) is 22.5. The summed E-state index contributed by atoms with van der Waals surface area (Å²) in [5.41, 5.74) is 4.46. The third-order valence-corrected chi connectivity index (χ3v) is 6.63. The Bertz CT molecular complexity index is 985. The zero-order valence-corrected chi connectivity index (χ0v) is 19.4. The molecule has 0 aromatic heterocycles. The average molecular weight is 449 g/mol. The highest BCUT2D eigenvalue weighted by atomic mass is 35.5. The fourth-order valence-electron chi connectivity index (χ4n) is 4.34. The highest BCUT2D eigenvalue weighted by molar-refractivity contribution is 6.32. The smallest absolute Gasteiger partial charge is 0.260 e. The van der Waals surface area contributed by atoms with E-state index in [1.54, 1.807) is 0 Å². The van der Waals surface area contributed by atoms with E-state index in [0.717, 1.165) is 29.2 Å². The van der Waals surface area contributed by atoms with Crippen LogP contribution in [0.5, 0.6) is 5.75 Å². The van der Waals surface area contributed by atoms with Crippen LogP contribution in [-0.2, 0) is 4.79 Å². The average Bonchev–Trinajstić information content (AvgIpc) is 2.83. The Balaban J connectivity index is 1.38. The molecule has 4 rings (SSSR count). The number of rotatable bonds is 6. The van der Waals surface area contributed by atoms with E-state index in [2.05, 4.69) is 53.4 Å². The van der Waals surface area contributed by atoms with Crippen LogP contribution in [-0.4, -0.2) is 48.5 Å². The number of amides is 1. The number of aryl methyl sites for hydroxylation is 2. The van der Waals surface area contributed by atoms with Crippen molar-refractivity contribution in [3.8, 4) is 5.75 Å². The molecule has 1 saturated heterocycles. The van der Waals surface area contributed by atoms with Crippen LogP contribution < -0.4 is 4.74 Å². The maximum atomic E-state index is 12.8. The van der Waals surface area contributed by atoms with E-state index < -0.39 is 0 Å². The van der Waals surface area contributed by atoms with E-state index >= 15 is 0 Å².